The molecule has 0 saturated carbocycles. The molecule has 0 saturated heterocycles. The molecular weight excluding hydrogens is 360 g/mol. The van der Waals surface area contributed by atoms with Gasteiger partial charge in [-0.25, -0.2) is 13.4 Å². The topological polar surface area (TPSA) is 59.1 Å². The maximum absolute atomic E-state index is 12.2. The van der Waals surface area contributed by atoms with Gasteiger partial charge in [-0.3, -0.25) is 4.72 Å². The molecule has 0 fully saturated rings. The van der Waals surface area contributed by atoms with Crippen molar-refractivity contribution < 1.29 is 8.42 Å². The number of hydrogen-bond acceptors (Lipinski definition) is 4. The highest BCUT2D eigenvalue weighted by atomic mass is 79.9. The fourth-order valence-corrected chi connectivity index (χ4v) is 3.72. The number of aromatic nitrogens is 1. The van der Waals surface area contributed by atoms with E-state index >= 15 is 0 Å². The first kappa shape index (κ1) is 13.5. The van der Waals surface area contributed by atoms with Crippen LogP contribution in [0.2, 0.25) is 0 Å². The van der Waals surface area contributed by atoms with Crippen LogP contribution >= 0.6 is 27.3 Å². The zero-order chi connectivity index (χ0) is 14.2. The van der Waals surface area contributed by atoms with Crippen molar-refractivity contribution in [2.45, 2.75) is 4.90 Å². The van der Waals surface area contributed by atoms with E-state index in [1.54, 1.807) is 41.9 Å². The third-order valence-electron chi connectivity index (χ3n) is 2.71. The van der Waals surface area contributed by atoms with Gasteiger partial charge in [0.2, 0.25) is 0 Å². The predicted molar refractivity (Wildman–Crippen MR) is 84.6 cm³/mol. The number of fused-ring (bicyclic) bond motifs is 1. The molecular formula is C13H9BrN2O2S2. The molecule has 0 unspecified atom stereocenters. The first-order valence-corrected chi connectivity index (χ1v) is 8.82. The van der Waals surface area contributed by atoms with Gasteiger partial charge in [-0.05, 0) is 42.5 Å². The van der Waals surface area contributed by atoms with E-state index in [0.717, 1.165) is 14.7 Å². The minimum absolute atomic E-state index is 0.221. The molecule has 0 aliphatic heterocycles. The van der Waals surface area contributed by atoms with Crippen LogP contribution in [0.15, 0.2) is 57.3 Å². The molecule has 0 aliphatic rings. The summed E-state index contributed by atoms with van der Waals surface area (Å²) in [7, 11) is -3.58. The van der Waals surface area contributed by atoms with Crippen molar-refractivity contribution in [2.24, 2.45) is 0 Å². The minimum Gasteiger partial charge on any atom is -0.280 e. The van der Waals surface area contributed by atoms with E-state index < -0.39 is 10.0 Å². The lowest BCUT2D eigenvalue weighted by Gasteiger charge is -2.08. The highest BCUT2D eigenvalue weighted by Crippen LogP contribution is 2.24. The summed E-state index contributed by atoms with van der Waals surface area (Å²) in [6.07, 6.45) is 0. The zero-order valence-corrected chi connectivity index (χ0v) is 13.3. The number of thiazole rings is 1. The van der Waals surface area contributed by atoms with Gasteiger partial charge < -0.3 is 0 Å². The Bertz CT molecular complexity index is 857. The van der Waals surface area contributed by atoms with Gasteiger partial charge in [0.25, 0.3) is 10.0 Å². The third kappa shape index (κ3) is 2.70. The number of benzene rings is 2. The highest BCUT2D eigenvalue weighted by molar-refractivity contribution is 9.10. The molecule has 20 heavy (non-hydrogen) atoms. The number of anilines is 1. The van der Waals surface area contributed by atoms with E-state index in [9.17, 15) is 8.42 Å². The number of rotatable bonds is 3. The summed E-state index contributed by atoms with van der Waals surface area (Å²) in [6, 6.07) is 11.8. The van der Waals surface area contributed by atoms with Crippen molar-refractivity contribution in [3.05, 3.63) is 52.4 Å². The Hall–Kier alpha value is -1.44. The molecule has 3 rings (SSSR count). The van der Waals surface area contributed by atoms with Crippen molar-refractivity contribution in [1.29, 1.82) is 0 Å². The normalized spacial score (nSPS) is 11.7. The van der Waals surface area contributed by atoms with Crippen LogP contribution in [0.4, 0.5) is 5.69 Å². The van der Waals surface area contributed by atoms with Crippen LogP contribution < -0.4 is 4.72 Å². The van der Waals surface area contributed by atoms with Gasteiger partial charge in [-0.2, -0.15) is 0 Å². The molecule has 102 valence electrons. The Balaban J connectivity index is 1.94. The number of sulfonamides is 1. The van der Waals surface area contributed by atoms with Gasteiger partial charge in [-0.15, -0.1) is 11.3 Å². The van der Waals surface area contributed by atoms with E-state index in [1.807, 2.05) is 6.07 Å². The maximum Gasteiger partial charge on any atom is 0.261 e. The van der Waals surface area contributed by atoms with E-state index in [0.29, 0.717) is 5.69 Å². The summed E-state index contributed by atoms with van der Waals surface area (Å²) in [5.74, 6) is 0. The number of hydrogen-bond donors (Lipinski definition) is 1. The molecule has 3 aromatic rings. The number of nitrogens with zero attached hydrogens (tertiary/aromatic N) is 1. The van der Waals surface area contributed by atoms with Gasteiger partial charge in [0, 0.05) is 4.47 Å². The van der Waals surface area contributed by atoms with Crippen LogP contribution in [-0.4, -0.2) is 13.4 Å². The van der Waals surface area contributed by atoms with Crippen molar-refractivity contribution >= 4 is 53.2 Å². The largest absolute Gasteiger partial charge is 0.280 e. The van der Waals surface area contributed by atoms with Crippen molar-refractivity contribution in [1.82, 2.24) is 4.98 Å². The van der Waals surface area contributed by atoms with E-state index in [-0.39, 0.29) is 4.90 Å². The van der Waals surface area contributed by atoms with Crippen LogP contribution in [0.5, 0.6) is 0 Å². The predicted octanol–water partition coefficient (Wildman–Crippen LogP) is 3.86. The van der Waals surface area contributed by atoms with Gasteiger partial charge in [0.1, 0.15) is 0 Å². The lowest BCUT2D eigenvalue weighted by molar-refractivity contribution is 0.601. The average molecular weight is 369 g/mol. The van der Waals surface area contributed by atoms with Gasteiger partial charge in [0.15, 0.2) is 0 Å². The smallest absolute Gasteiger partial charge is 0.261 e. The van der Waals surface area contributed by atoms with Crippen molar-refractivity contribution in [3.8, 4) is 0 Å². The fraction of sp³-hybridized carbons (Fsp3) is 0. The summed E-state index contributed by atoms with van der Waals surface area (Å²) in [4.78, 5) is 4.39. The third-order valence-corrected chi connectivity index (χ3v) is 5.44. The fourth-order valence-electron chi connectivity index (χ4n) is 1.75. The number of halogens is 1. The maximum atomic E-state index is 12.2. The molecule has 0 aliphatic carbocycles. The van der Waals surface area contributed by atoms with Crippen LogP contribution in [0.1, 0.15) is 0 Å². The lowest BCUT2D eigenvalue weighted by atomic mass is 10.3. The summed E-state index contributed by atoms with van der Waals surface area (Å²) in [5.41, 5.74) is 3.02. The number of nitrogens with one attached hydrogen (secondary N) is 1. The molecule has 2 aromatic carbocycles. The Kier molecular flexibility index (Phi) is 3.49. The van der Waals surface area contributed by atoms with Crippen LogP contribution in [-0.2, 0) is 10.0 Å². The summed E-state index contributed by atoms with van der Waals surface area (Å²) >= 11 is 4.80. The summed E-state index contributed by atoms with van der Waals surface area (Å²) < 4.78 is 28.9. The first-order valence-electron chi connectivity index (χ1n) is 5.66. The highest BCUT2D eigenvalue weighted by Gasteiger charge is 2.14. The Labute approximate surface area is 128 Å². The summed E-state index contributed by atoms with van der Waals surface area (Å²) in [5, 5.41) is 0. The molecule has 1 N–H and O–H groups in total. The van der Waals surface area contributed by atoms with Crippen LogP contribution in [0.3, 0.4) is 0 Å². The van der Waals surface area contributed by atoms with E-state index in [2.05, 4.69) is 25.6 Å². The van der Waals surface area contributed by atoms with Crippen molar-refractivity contribution in [2.75, 3.05) is 4.72 Å². The molecule has 1 aromatic heterocycles. The van der Waals surface area contributed by atoms with Crippen molar-refractivity contribution in [3.63, 3.8) is 0 Å². The molecule has 0 bridgehead atoms. The first-order chi connectivity index (χ1) is 9.54. The zero-order valence-electron chi connectivity index (χ0n) is 10.1. The molecule has 4 nitrogen and oxygen atoms in total. The second kappa shape index (κ2) is 5.16. The lowest BCUT2D eigenvalue weighted by Crippen LogP contribution is -2.12. The molecule has 0 radical (unpaired) electrons. The minimum atomic E-state index is -3.58. The second-order valence-corrected chi connectivity index (χ2v) is 7.58. The van der Waals surface area contributed by atoms with Gasteiger partial charge in [-0.1, -0.05) is 15.9 Å². The van der Waals surface area contributed by atoms with E-state index in [4.69, 9.17) is 0 Å². The van der Waals surface area contributed by atoms with Crippen LogP contribution in [0.25, 0.3) is 10.2 Å². The summed E-state index contributed by atoms with van der Waals surface area (Å²) in [6.45, 7) is 0. The average Bonchev–Trinajstić information content (AvgIpc) is 2.86. The molecule has 1 heterocycles. The standard InChI is InChI=1S/C13H9BrN2O2S2/c14-9-1-4-11(5-2-9)20(17,18)16-10-3-6-13-12(7-10)15-8-19-13/h1-8,16H. The van der Waals surface area contributed by atoms with Gasteiger partial charge in [0.05, 0.1) is 26.3 Å². The quantitative estimate of drug-likeness (QED) is 0.763. The monoisotopic (exact) mass is 368 g/mol. The Morgan fingerprint density at radius 1 is 1.10 bits per heavy atom. The molecule has 7 heteroatoms. The molecule has 0 amide bonds. The molecule has 0 spiro atoms. The van der Waals surface area contributed by atoms with Crippen LogP contribution in [0, 0.1) is 0 Å². The van der Waals surface area contributed by atoms with E-state index in [1.165, 1.54) is 11.3 Å². The SMILES string of the molecule is O=S(=O)(Nc1ccc2scnc2c1)c1ccc(Br)cc1. The van der Waals surface area contributed by atoms with Gasteiger partial charge >= 0.3 is 0 Å². The molecule has 0 atom stereocenters. The second-order valence-electron chi connectivity index (χ2n) is 4.09. The Morgan fingerprint density at radius 2 is 1.85 bits per heavy atom. The Morgan fingerprint density at radius 3 is 2.60 bits per heavy atom.